The lowest BCUT2D eigenvalue weighted by molar-refractivity contribution is 0.102. The standard InChI is InChI=1S/C16H13N3O3/c1-9-5-2-3-6-10(9)14(20)17-12-8-4-7-11-13(12)16(22)19-18-15(11)21/h2-8H,1H3,(H,17,20)(H,18,21)(H,19,22). The summed E-state index contributed by atoms with van der Waals surface area (Å²) < 4.78 is 0. The number of nitrogens with one attached hydrogen (secondary N) is 3. The molecule has 1 heterocycles. The van der Waals surface area contributed by atoms with Crippen LogP contribution in [-0.2, 0) is 0 Å². The number of hydrogen-bond acceptors (Lipinski definition) is 3. The molecule has 0 aliphatic heterocycles. The third kappa shape index (κ3) is 2.31. The van der Waals surface area contributed by atoms with Gasteiger partial charge in [-0.3, -0.25) is 24.6 Å². The molecule has 0 aliphatic carbocycles. The Morgan fingerprint density at radius 2 is 1.68 bits per heavy atom. The number of fused-ring (bicyclic) bond motifs is 1. The molecule has 0 saturated carbocycles. The Balaban J connectivity index is 2.11. The quantitative estimate of drug-likeness (QED) is 0.672. The molecular weight excluding hydrogens is 282 g/mol. The van der Waals surface area contributed by atoms with Gasteiger partial charge in [0.05, 0.1) is 16.5 Å². The highest BCUT2D eigenvalue weighted by molar-refractivity contribution is 6.09. The summed E-state index contributed by atoms with van der Waals surface area (Å²) in [4.78, 5) is 36.1. The molecule has 0 spiro atoms. The van der Waals surface area contributed by atoms with E-state index in [0.717, 1.165) is 5.56 Å². The van der Waals surface area contributed by atoms with Crippen LogP contribution in [0.2, 0.25) is 0 Å². The number of amides is 1. The number of carbonyl (C=O) groups excluding carboxylic acids is 1. The van der Waals surface area contributed by atoms with Crippen molar-refractivity contribution in [1.29, 1.82) is 0 Å². The first-order valence-electron chi connectivity index (χ1n) is 6.68. The summed E-state index contributed by atoms with van der Waals surface area (Å²) in [6, 6.07) is 11.9. The third-order valence-electron chi connectivity index (χ3n) is 3.46. The minimum atomic E-state index is -0.463. The average molecular weight is 295 g/mol. The molecule has 0 unspecified atom stereocenters. The van der Waals surface area contributed by atoms with Gasteiger partial charge in [0.2, 0.25) is 0 Å². The molecule has 1 aromatic heterocycles. The number of anilines is 1. The summed E-state index contributed by atoms with van der Waals surface area (Å²) in [5.74, 6) is -0.328. The summed E-state index contributed by atoms with van der Waals surface area (Å²) in [5, 5.41) is 7.61. The summed E-state index contributed by atoms with van der Waals surface area (Å²) in [7, 11) is 0. The van der Waals surface area contributed by atoms with Gasteiger partial charge in [-0.1, -0.05) is 24.3 Å². The van der Waals surface area contributed by atoms with Crippen molar-refractivity contribution in [3.63, 3.8) is 0 Å². The van der Waals surface area contributed by atoms with Gasteiger partial charge in [0.1, 0.15) is 0 Å². The van der Waals surface area contributed by atoms with E-state index in [2.05, 4.69) is 15.5 Å². The molecule has 2 aromatic carbocycles. The van der Waals surface area contributed by atoms with Crippen molar-refractivity contribution in [3.8, 4) is 0 Å². The third-order valence-corrected chi connectivity index (χ3v) is 3.46. The molecule has 0 fully saturated rings. The van der Waals surface area contributed by atoms with E-state index in [1.165, 1.54) is 6.07 Å². The van der Waals surface area contributed by atoms with Crippen molar-refractivity contribution in [3.05, 3.63) is 74.3 Å². The van der Waals surface area contributed by atoms with E-state index in [-0.39, 0.29) is 16.7 Å². The molecule has 3 N–H and O–H groups in total. The number of aromatic nitrogens is 2. The van der Waals surface area contributed by atoms with Crippen LogP contribution in [0.3, 0.4) is 0 Å². The van der Waals surface area contributed by atoms with Crippen LogP contribution in [0.1, 0.15) is 15.9 Å². The number of aryl methyl sites for hydroxylation is 1. The van der Waals surface area contributed by atoms with Crippen molar-refractivity contribution in [1.82, 2.24) is 10.2 Å². The molecule has 0 radical (unpaired) electrons. The van der Waals surface area contributed by atoms with Gasteiger partial charge in [-0.2, -0.15) is 0 Å². The van der Waals surface area contributed by atoms with E-state index in [4.69, 9.17) is 0 Å². The molecule has 0 atom stereocenters. The molecule has 22 heavy (non-hydrogen) atoms. The van der Waals surface area contributed by atoms with Gasteiger partial charge in [0, 0.05) is 5.56 Å². The Morgan fingerprint density at radius 1 is 0.955 bits per heavy atom. The van der Waals surface area contributed by atoms with Crippen molar-refractivity contribution < 1.29 is 4.79 Å². The minimum Gasteiger partial charge on any atom is -0.321 e. The fourth-order valence-electron chi connectivity index (χ4n) is 2.35. The van der Waals surface area contributed by atoms with Crippen molar-refractivity contribution in [2.75, 3.05) is 5.32 Å². The average Bonchev–Trinajstić information content (AvgIpc) is 2.51. The molecular formula is C16H13N3O3. The summed E-state index contributed by atoms with van der Waals surface area (Å²) in [5.41, 5.74) is 0.766. The fourth-order valence-corrected chi connectivity index (χ4v) is 2.35. The van der Waals surface area contributed by atoms with Crippen LogP contribution in [0.5, 0.6) is 0 Å². The smallest absolute Gasteiger partial charge is 0.272 e. The summed E-state index contributed by atoms with van der Waals surface area (Å²) in [6.45, 7) is 1.83. The van der Waals surface area contributed by atoms with Crippen molar-refractivity contribution in [2.24, 2.45) is 0 Å². The lowest BCUT2D eigenvalue weighted by Crippen LogP contribution is -2.21. The Hall–Kier alpha value is -3.15. The van der Waals surface area contributed by atoms with Gasteiger partial charge >= 0.3 is 0 Å². The maximum atomic E-state index is 12.4. The topological polar surface area (TPSA) is 94.8 Å². The van der Waals surface area contributed by atoms with Gasteiger partial charge in [0.25, 0.3) is 17.0 Å². The maximum absolute atomic E-state index is 12.4. The van der Waals surface area contributed by atoms with E-state index < -0.39 is 11.1 Å². The number of benzene rings is 2. The van der Waals surface area contributed by atoms with Gasteiger partial charge in [-0.15, -0.1) is 0 Å². The van der Waals surface area contributed by atoms with E-state index in [0.29, 0.717) is 11.3 Å². The highest BCUT2D eigenvalue weighted by atomic mass is 16.2. The number of aromatic amines is 2. The van der Waals surface area contributed by atoms with Crippen molar-refractivity contribution in [2.45, 2.75) is 6.92 Å². The predicted octanol–water partition coefficient (Wildman–Crippen LogP) is 1.78. The lowest BCUT2D eigenvalue weighted by Gasteiger charge is -2.09. The molecule has 1 amide bonds. The molecule has 110 valence electrons. The Bertz CT molecular complexity index is 986. The largest absolute Gasteiger partial charge is 0.321 e. The van der Waals surface area contributed by atoms with Crippen LogP contribution >= 0.6 is 0 Å². The zero-order valence-corrected chi connectivity index (χ0v) is 11.8. The molecule has 3 aromatic rings. The molecule has 6 heteroatoms. The Morgan fingerprint density at radius 3 is 2.45 bits per heavy atom. The number of H-pyrrole nitrogens is 2. The zero-order valence-electron chi connectivity index (χ0n) is 11.8. The Labute approximate surface area is 124 Å². The molecule has 0 aliphatic rings. The van der Waals surface area contributed by atoms with Crippen LogP contribution in [0.15, 0.2) is 52.1 Å². The first-order valence-corrected chi connectivity index (χ1v) is 6.68. The summed E-state index contributed by atoms with van der Waals surface area (Å²) >= 11 is 0. The first kappa shape index (κ1) is 13.8. The second-order valence-electron chi connectivity index (χ2n) is 4.91. The highest BCUT2D eigenvalue weighted by Crippen LogP contribution is 2.18. The lowest BCUT2D eigenvalue weighted by atomic mass is 10.1. The number of carbonyl (C=O) groups is 1. The van der Waals surface area contributed by atoms with Crippen LogP contribution in [0.4, 0.5) is 5.69 Å². The fraction of sp³-hybridized carbons (Fsp3) is 0.0625. The maximum Gasteiger partial charge on any atom is 0.272 e. The van der Waals surface area contributed by atoms with Gasteiger partial charge < -0.3 is 5.32 Å². The molecule has 0 saturated heterocycles. The Kier molecular flexibility index (Phi) is 3.34. The first-order chi connectivity index (χ1) is 10.6. The minimum absolute atomic E-state index is 0.160. The highest BCUT2D eigenvalue weighted by Gasteiger charge is 2.13. The van der Waals surface area contributed by atoms with Gasteiger partial charge in [-0.25, -0.2) is 0 Å². The second kappa shape index (κ2) is 5.33. The van der Waals surface area contributed by atoms with Gasteiger partial charge in [-0.05, 0) is 30.7 Å². The molecule has 3 rings (SSSR count). The van der Waals surface area contributed by atoms with Crippen molar-refractivity contribution >= 4 is 22.4 Å². The van der Waals surface area contributed by atoms with Crippen LogP contribution in [-0.4, -0.2) is 16.1 Å². The molecule has 6 nitrogen and oxygen atoms in total. The van der Waals surface area contributed by atoms with Crippen LogP contribution in [0.25, 0.3) is 10.8 Å². The zero-order chi connectivity index (χ0) is 15.7. The molecule has 0 bridgehead atoms. The van der Waals surface area contributed by atoms with Gasteiger partial charge in [0.15, 0.2) is 0 Å². The second-order valence-corrected chi connectivity index (χ2v) is 4.91. The monoisotopic (exact) mass is 295 g/mol. The normalized spacial score (nSPS) is 10.6. The van der Waals surface area contributed by atoms with Crippen LogP contribution in [0, 0.1) is 6.92 Å². The van der Waals surface area contributed by atoms with E-state index in [9.17, 15) is 14.4 Å². The van der Waals surface area contributed by atoms with E-state index >= 15 is 0 Å². The predicted molar refractivity (Wildman–Crippen MR) is 84.3 cm³/mol. The SMILES string of the molecule is Cc1ccccc1C(=O)Nc1cccc2c(=O)[nH][nH]c(=O)c12. The van der Waals surface area contributed by atoms with E-state index in [1.54, 1.807) is 24.3 Å². The van der Waals surface area contributed by atoms with E-state index in [1.807, 2.05) is 19.1 Å². The number of hydrogen-bond donors (Lipinski definition) is 3. The summed E-state index contributed by atoms with van der Waals surface area (Å²) in [6.07, 6.45) is 0. The van der Waals surface area contributed by atoms with Crippen LogP contribution < -0.4 is 16.4 Å². The number of rotatable bonds is 2.